The third-order valence-electron chi connectivity index (χ3n) is 4.02. The van der Waals surface area contributed by atoms with Crippen LogP contribution in [0.4, 0.5) is 0 Å². The van der Waals surface area contributed by atoms with Crippen molar-refractivity contribution in [3.8, 4) is 0 Å². The van der Waals surface area contributed by atoms with Crippen LogP contribution in [0.1, 0.15) is 37.4 Å². The van der Waals surface area contributed by atoms with Crippen LogP contribution in [0.15, 0.2) is 27.6 Å². The predicted molar refractivity (Wildman–Crippen MR) is 67.5 cm³/mol. The smallest absolute Gasteiger partial charge is 0.184 e. The third kappa shape index (κ3) is 1.45. The van der Waals surface area contributed by atoms with Crippen molar-refractivity contribution in [2.24, 2.45) is 0 Å². The molecule has 1 spiro atoms. The van der Waals surface area contributed by atoms with Crippen LogP contribution in [0.3, 0.4) is 0 Å². The number of sulfone groups is 1. The third-order valence-corrected chi connectivity index (χ3v) is 7.17. The zero-order valence-corrected chi connectivity index (χ0v) is 11.6. The largest absolute Gasteiger partial charge is 0.388 e. The first-order valence-corrected chi connectivity index (χ1v) is 7.96. The van der Waals surface area contributed by atoms with Crippen molar-refractivity contribution in [1.82, 2.24) is 0 Å². The lowest BCUT2D eigenvalue weighted by atomic mass is 9.78. The Morgan fingerprint density at radius 3 is 2.65 bits per heavy atom. The Kier molecular flexibility index (Phi) is 2.44. The van der Waals surface area contributed by atoms with Crippen LogP contribution in [-0.4, -0.2) is 18.3 Å². The molecule has 1 atom stereocenters. The van der Waals surface area contributed by atoms with E-state index in [1.165, 1.54) is 0 Å². The highest BCUT2D eigenvalue weighted by Gasteiger charge is 2.54. The number of hydrogen-bond donors (Lipinski definition) is 1. The number of aliphatic hydroxyl groups excluding tert-OH is 1. The van der Waals surface area contributed by atoms with Gasteiger partial charge in [0.2, 0.25) is 0 Å². The van der Waals surface area contributed by atoms with Gasteiger partial charge in [0.05, 0.1) is 15.7 Å². The summed E-state index contributed by atoms with van der Waals surface area (Å²) in [6.45, 7) is 0. The summed E-state index contributed by atoms with van der Waals surface area (Å²) in [6, 6.07) is 5.09. The van der Waals surface area contributed by atoms with Crippen LogP contribution in [0, 0.1) is 0 Å². The number of benzene rings is 1. The first kappa shape index (κ1) is 11.7. The maximum Gasteiger partial charge on any atom is 0.184 e. The number of fused-ring (bicyclic) bond motifs is 1. The van der Waals surface area contributed by atoms with E-state index in [9.17, 15) is 13.5 Å². The van der Waals surface area contributed by atoms with Gasteiger partial charge in [0.15, 0.2) is 9.84 Å². The Morgan fingerprint density at radius 1 is 1.35 bits per heavy atom. The Balaban J connectivity index is 2.26. The molecule has 1 aliphatic carbocycles. The minimum atomic E-state index is -3.29. The van der Waals surface area contributed by atoms with Gasteiger partial charge in [-0.15, -0.1) is 0 Å². The van der Waals surface area contributed by atoms with Gasteiger partial charge in [0, 0.05) is 4.47 Å². The van der Waals surface area contributed by atoms with Crippen LogP contribution in [-0.2, 0) is 9.84 Å². The monoisotopic (exact) mass is 316 g/mol. The quantitative estimate of drug-likeness (QED) is 0.800. The number of rotatable bonds is 0. The Bertz CT molecular complexity index is 575. The van der Waals surface area contributed by atoms with Crippen LogP contribution >= 0.6 is 15.9 Å². The highest BCUT2D eigenvalue weighted by Crippen LogP contribution is 2.53. The Hall–Kier alpha value is -0.390. The molecule has 1 aromatic carbocycles. The molecule has 3 rings (SSSR count). The van der Waals surface area contributed by atoms with Crippen molar-refractivity contribution in [1.29, 1.82) is 0 Å². The SMILES string of the molecule is O=S1(=O)c2cc(Br)ccc2C(O)CC12CCC2. The number of halogens is 1. The first-order valence-electron chi connectivity index (χ1n) is 5.68. The summed E-state index contributed by atoms with van der Waals surface area (Å²) >= 11 is 3.29. The molecule has 2 aliphatic rings. The van der Waals surface area contributed by atoms with Gasteiger partial charge in [-0.2, -0.15) is 0 Å². The summed E-state index contributed by atoms with van der Waals surface area (Å²) in [5.74, 6) is 0. The van der Waals surface area contributed by atoms with Crippen molar-refractivity contribution < 1.29 is 13.5 Å². The Morgan fingerprint density at radius 2 is 2.06 bits per heavy atom. The van der Waals surface area contributed by atoms with E-state index in [4.69, 9.17) is 0 Å². The van der Waals surface area contributed by atoms with Crippen LogP contribution in [0.2, 0.25) is 0 Å². The lowest BCUT2D eigenvalue weighted by Gasteiger charge is -2.45. The van der Waals surface area contributed by atoms with E-state index in [0.29, 0.717) is 29.7 Å². The van der Waals surface area contributed by atoms with Crippen molar-refractivity contribution in [2.45, 2.75) is 41.4 Å². The molecule has 1 aromatic rings. The van der Waals surface area contributed by atoms with Crippen molar-refractivity contribution in [3.05, 3.63) is 28.2 Å². The van der Waals surface area contributed by atoms with Gasteiger partial charge < -0.3 is 5.11 Å². The van der Waals surface area contributed by atoms with E-state index >= 15 is 0 Å². The molecule has 0 radical (unpaired) electrons. The molecule has 3 nitrogen and oxygen atoms in total. The lowest BCUT2D eigenvalue weighted by Crippen LogP contribution is -2.49. The molecule has 92 valence electrons. The van der Waals surface area contributed by atoms with E-state index in [1.807, 2.05) is 0 Å². The summed E-state index contributed by atoms with van der Waals surface area (Å²) in [6.07, 6.45) is 2.00. The van der Waals surface area contributed by atoms with E-state index < -0.39 is 20.7 Å². The second-order valence-electron chi connectivity index (χ2n) is 4.94. The first-order chi connectivity index (χ1) is 7.96. The molecule has 1 heterocycles. The van der Waals surface area contributed by atoms with Gasteiger partial charge in [0.1, 0.15) is 0 Å². The normalized spacial score (nSPS) is 28.5. The van der Waals surface area contributed by atoms with E-state index in [2.05, 4.69) is 15.9 Å². The predicted octanol–water partition coefficient (Wildman–Crippen LogP) is 2.58. The van der Waals surface area contributed by atoms with E-state index in [1.54, 1.807) is 18.2 Å². The molecule has 1 saturated carbocycles. The van der Waals surface area contributed by atoms with Gasteiger partial charge in [-0.25, -0.2) is 8.42 Å². The van der Waals surface area contributed by atoms with Crippen molar-refractivity contribution in [2.75, 3.05) is 0 Å². The van der Waals surface area contributed by atoms with Crippen molar-refractivity contribution >= 4 is 25.8 Å². The summed E-state index contributed by atoms with van der Waals surface area (Å²) < 4.78 is 25.2. The molecule has 0 aromatic heterocycles. The second kappa shape index (κ2) is 3.56. The molecule has 1 fully saturated rings. The van der Waals surface area contributed by atoms with Crippen molar-refractivity contribution in [3.63, 3.8) is 0 Å². The van der Waals surface area contributed by atoms with Crippen LogP contribution < -0.4 is 0 Å². The minimum Gasteiger partial charge on any atom is -0.388 e. The Labute approximate surface area is 109 Å². The molecular weight excluding hydrogens is 304 g/mol. The van der Waals surface area contributed by atoms with Crippen LogP contribution in [0.25, 0.3) is 0 Å². The summed E-state index contributed by atoms with van der Waals surface area (Å²) in [7, 11) is -3.29. The van der Waals surface area contributed by atoms with Gasteiger partial charge in [-0.3, -0.25) is 0 Å². The highest BCUT2D eigenvalue weighted by atomic mass is 79.9. The molecule has 0 amide bonds. The zero-order chi connectivity index (χ0) is 12.3. The van der Waals surface area contributed by atoms with Gasteiger partial charge in [-0.1, -0.05) is 28.4 Å². The zero-order valence-electron chi connectivity index (χ0n) is 9.19. The summed E-state index contributed by atoms with van der Waals surface area (Å²) in [5, 5.41) is 10.1. The van der Waals surface area contributed by atoms with E-state index in [0.717, 1.165) is 10.9 Å². The summed E-state index contributed by atoms with van der Waals surface area (Å²) in [4.78, 5) is 0.310. The molecule has 1 N–H and O–H groups in total. The number of aliphatic hydroxyl groups is 1. The van der Waals surface area contributed by atoms with Gasteiger partial charge in [0.25, 0.3) is 0 Å². The maximum absolute atomic E-state index is 12.6. The fourth-order valence-corrected chi connectivity index (χ4v) is 5.84. The van der Waals surface area contributed by atoms with Gasteiger partial charge >= 0.3 is 0 Å². The molecule has 17 heavy (non-hydrogen) atoms. The van der Waals surface area contributed by atoms with E-state index in [-0.39, 0.29) is 0 Å². The average molecular weight is 317 g/mol. The standard InChI is InChI=1S/C12H13BrO3S/c13-8-2-3-9-10(14)7-12(4-1-5-12)17(15,16)11(9)6-8/h2-3,6,10,14H,1,4-5,7H2. The van der Waals surface area contributed by atoms with Gasteiger partial charge in [-0.05, 0) is 37.0 Å². The minimum absolute atomic E-state index is 0.310. The lowest BCUT2D eigenvalue weighted by molar-refractivity contribution is 0.119. The second-order valence-corrected chi connectivity index (χ2v) is 8.17. The molecule has 0 saturated heterocycles. The highest BCUT2D eigenvalue weighted by molar-refractivity contribution is 9.10. The molecule has 1 aliphatic heterocycles. The summed E-state index contributed by atoms with van der Waals surface area (Å²) in [5.41, 5.74) is 0.547. The molecule has 5 heteroatoms. The number of hydrogen-bond acceptors (Lipinski definition) is 3. The molecule has 1 unspecified atom stereocenters. The average Bonchev–Trinajstić information content (AvgIpc) is 2.21. The van der Waals surface area contributed by atoms with Crippen LogP contribution in [0.5, 0.6) is 0 Å². The molecule has 0 bridgehead atoms. The fraction of sp³-hybridized carbons (Fsp3) is 0.500. The molecular formula is C12H13BrO3S. The topological polar surface area (TPSA) is 54.4 Å². The fourth-order valence-electron chi connectivity index (χ4n) is 2.87. The maximum atomic E-state index is 12.6.